The zero-order chi connectivity index (χ0) is 15.1. The van der Waals surface area contributed by atoms with Gasteiger partial charge in [0.2, 0.25) is 0 Å². The molecule has 0 aromatic heterocycles. The van der Waals surface area contributed by atoms with Crippen molar-refractivity contribution in [3.8, 4) is 0 Å². The van der Waals surface area contributed by atoms with E-state index in [4.69, 9.17) is 4.74 Å². The Morgan fingerprint density at radius 2 is 1.76 bits per heavy atom. The predicted molar refractivity (Wildman–Crippen MR) is 88.1 cm³/mol. The van der Waals surface area contributed by atoms with Gasteiger partial charge in [-0.15, -0.1) is 0 Å². The van der Waals surface area contributed by atoms with Crippen LogP contribution in [0.4, 0.5) is 11.4 Å². The molecule has 118 valence electrons. The number of benzene rings is 1. The highest BCUT2D eigenvalue weighted by atomic mass is 16.5. The van der Waals surface area contributed by atoms with E-state index in [-0.39, 0.29) is 12.0 Å². The van der Waals surface area contributed by atoms with E-state index in [1.54, 1.807) is 0 Å². The van der Waals surface area contributed by atoms with Gasteiger partial charge in [0, 0.05) is 36.4 Å². The number of ether oxygens (including phenoxy) is 1. The third-order valence-corrected chi connectivity index (χ3v) is 4.75. The summed E-state index contributed by atoms with van der Waals surface area (Å²) >= 11 is 0. The molecule has 0 radical (unpaired) electrons. The van der Waals surface area contributed by atoms with E-state index < -0.39 is 0 Å². The van der Waals surface area contributed by atoms with Crippen LogP contribution in [0.15, 0.2) is 24.3 Å². The minimum Gasteiger partial charge on any atom is -0.396 e. The molecule has 0 spiro atoms. The van der Waals surface area contributed by atoms with Gasteiger partial charge in [-0.3, -0.25) is 0 Å². The first-order chi connectivity index (χ1) is 10.2. The Balaban J connectivity index is 1.92. The lowest BCUT2D eigenvalue weighted by Crippen LogP contribution is -2.36. The molecule has 0 unspecified atom stereocenters. The highest BCUT2D eigenvalue weighted by molar-refractivity contribution is 5.55. The van der Waals surface area contributed by atoms with Crippen LogP contribution in [0.1, 0.15) is 26.7 Å². The van der Waals surface area contributed by atoms with Crippen molar-refractivity contribution in [2.75, 3.05) is 49.7 Å². The predicted octanol–water partition coefficient (Wildman–Crippen LogP) is 2.73. The molecule has 1 aliphatic heterocycles. The van der Waals surface area contributed by atoms with Crippen LogP contribution >= 0.6 is 0 Å². The second-order valence-corrected chi connectivity index (χ2v) is 5.87. The zero-order valence-corrected chi connectivity index (χ0v) is 13.3. The summed E-state index contributed by atoms with van der Waals surface area (Å²) in [6.45, 7) is 8.88. The van der Waals surface area contributed by atoms with Crippen LogP contribution in [-0.2, 0) is 4.74 Å². The third kappa shape index (κ3) is 4.11. The minimum atomic E-state index is -0.0110. The van der Waals surface area contributed by atoms with Crippen LogP contribution in [-0.4, -0.2) is 44.6 Å². The number of nitrogens with zero attached hydrogens (tertiary/aromatic N) is 1. The first-order valence-corrected chi connectivity index (χ1v) is 8.00. The number of hydrogen-bond donors (Lipinski definition) is 2. The molecule has 1 fully saturated rings. The molecule has 0 amide bonds. The Morgan fingerprint density at radius 3 is 2.29 bits per heavy atom. The average Bonchev–Trinajstić information content (AvgIpc) is 2.58. The van der Waals surface area contributed by atoms with Crippen molar-refractivity contribution < 1.29 is 9.84 Å². The Bertz CT molecular complexity index is 401. The first-order valence-electron chi connectivity index (χ1n) is 8.00. The molecule has 0 bridgehead atoms. The van der Waals surface area contributed by atoms with Crippen LogP contribution in [0.25, 0.3) is 0 Å². The minimum absolute atomic E-state index is 0.0110. The quantitative estimate of drug-likeness (QED) is 0.811. The van der Waals surface area contributed by atoms with Gasteiger partial charge >= 0.3 is 0 Å². The van der Waals surface area contributed by atoms with E-state index in [1.165, 1.54) is 5.69 Å². The molecule has 1 heterocycles. The summed E-state index contributed by atoms with van der Waals surface area (Å²) in [6.07, 6.45) is 1.97. The molecule has 1 saturated heterocycles. The molecule has 1 aromatic carbocycles. The monoisotopic (exact) mass is 292 g/mol. The fourth-order valence-corrected chi connectivity index (χ4v) is 2.68. The molecule has 0 aliphatic carbocycles. The Kier molecular flexibility index (Phi) is 5.88. The lowest BCUT2D eigenvalue weighted by Gasteiger charge is -2.30. The maximum atomic E-state index is 9.61. The summed E-state index contributed by atoms with van der Waals surface area (Å²) in [7, 11) is 0. The lowest BCUT2D eigenvalue weighted by molar-refractivity contribution is 0.122. The van der Waals surface area contributed by atoms with Crippen LogP contribution in [0.2, 0.25) is 0 Å². The van der Waals surface area contributed by atoms with Gasteiger partial charge in [0.1, 0.15) is 0 Å². The summed E-state index contributed by atoms with van der Waals surface area (Å²) in [5, 5.41) is 13.1. The Labute approximate surface area is 128 Å². The van der Waals surface area contributed by atoms with Crippen LogP contribution in [0, 0.1) is 5.41 Å². The fraction of sp³-hybridized carbons (Fsp3) is 0.647. The second kappa shape index (κ2) is 7.66. The maximum Gasteiger partial charge on any atom is 0.0642 e. The molecule has 4 nitrogen and oxygen atoms in total. The largest absolute Gasteiger partial charge is 0.396 e. The molecule has 0 atom stereocenters. The van der Waals surface area contributed by atoms with Crippen molar-refractivity contribution in [3.63, 3.8) is 0 Å². The molecule has 1 aromatic rings. The van der Waals surface area contributed by atoms with E-state index in [2.05, 4.69) is 48.3 Å². The molecule has 1 aliphatic rings. The molecule has 2 rings (SSSR count). The second-order valence-electron chi connectivity index (χ2n) is 5.87. The number of aliphatic hydroxyl groups excluding tert-OH is 1. The van der Waals surface area contributed by atoms with Crippen LogP contribution in [0.5, 0.6) is 0 Å². The summed E-state index contributed by atoms with van der Waals surface area (Å²) in [4.78, 5) is 2.35. The van der Waals surface area contributed by atoms with Gasteiger partial charge in [0.05, 0.1) is 19.8 Å². The van der Waals surface area contributed by atoms with Crippen molar-refractivity contribution >= 4 is 11.4 Å². The van der Waals surface area contributed by atoms with Crippen molar-refractivity contribution in [2.45, 2.75) is 26.7 Å². The average molecular weight is 292 g/mol. The SMILES string of the molecule is CCC(CC)(CO)CNc1ccc(N2CCOCC2)cc1. The number of aliphatic hydroxyl groups is 1. The van der Waals surface area contributed by atoms with Gasteiger partial charge in [-0.05, 0) is 37.1 Å². The number of hydrogen-bond acceptors (Lipinski definition) is 4. The van der Waals surface area contributed by atoms with E-state index in [0.717, 1.165) is 51.4 Å². The maximum absolute atomic E-state index is 9.61. The summed E-state index contributed by atoms with van der Waals surface area (Å²) in [5.41, 5.74) is 2.36. The van der Waals surface area contributed by atoms with E-state index >= 15 is 0 Å². The Morgan fingerprint density at radius 1 is 1.14 bits per heavy atom. The third-order valence-electron chi connectivity index (χ3n) is 4.75. The molecule has 2 N–H and O–H groups in total. The normalized spacial score (nSPS) is 16.0. The standard InChI is InChI=1S/C17H28N2O2/c1-3-17(4-2,14-20)13-18-15-5-7-16(8-6-15)19-9-11-21-12-10-19/h5-8,18,20H,3-4,9-14H2,1-2H3. The van der Waals surface area contributed by atoms with Gasteiger partial charge < -0.3 is 20.1 Å². The summed E-state index contributed by atoms with van der Waals surface area (Å²) < 4.78 is 5.38. The molecule has 21 heavy (non-hydrogen) atoms. The van der Waals surface area contributed by atoms with Gasteiger partial charge in [-0.1, -0.05) is 13.8 Å². The van der Waals surface area contributed by atoms with Crippen molar-refractivity contribution in [1.82, 2.24) is 0 Å². The zero-order valence-electron chi connectivity index (χ0n) is 13.3. The van der Waals surface area contributed by atoms with Crippen LogP contribution in [0.3, 0.4) is 0 Å². The van der Waals surface area contributed by atoms with Gasteiger partial charge in [-0.2, -0.15) is 0 Å². The van der Waals surface area contributed by atoms with Crippen molar-refractivity contribution in [2.24, 2.45) is 5.41 Å². The summed E-state index contributed by atoms with van der Waals surface area (Å²) in [5.74, 6) is 0. The van der Waals surface area contributed by atoms with Gasteiger partial charge in [0.15, 0.2) is 0 Å². The summed E-state index contributed by atoms with van der Waals surface area (Å²) in [6, 6.07) is 8.56. The molecular formula is C17H28N2O2. The smallest absolute Gasteiger partial charge is 0.0642 e. The number of morpholine rings is 1. The molecule has 0 saturated carbocycles. The van der Waals surface area contributed by atoms with Crippen molar-refractivity contribution in [3.05, 3.63) is 24.3 Å². The number of nitrogens with one attached hydrogen (secondary N) is 1. The van der Waals surface area contributed by atoms with E-state index in [1.807, 2.05) is 0 Å². The number of rotatable bonds is 7. The van der Waals surface area contributed by atoms with Crippen LogP contribution < -0.4 is 10.2 Å². The lowest BCUT2D eigenvalue weighted by atomic mass is 9.83. The van der Waals surface area contributed by atoms with E-state index in [0.29, 0.717) is 0 Å². The van der Waals surface area contributed by atoms with Gasteiger partial charge in [-0.25, -0.2) is 0 Å². The van der Waals surface area contributed by atoms with Gasteiger partial charge in [0.25, 0.3) is 0 Å². The first kappa shape index (κ1) is 16.1. The van der Waals surface area contributed by atoms with Crippen molar-refractivity contribution in [1.29, 1.82) is 0 Å². The number of anilines is 2. The Hall–Kier alpha value is -1.26. The van der Waals surface area contributed by atoms with E-state index in [9.17, 15) is 5.11 Å². The highest BCUT2D eigenvalue weighted by Crippen LogP contribution is 2.27. The highest BCUT2D eigenvalue weighted by Gasteiger charge is 2.24. The molecular weight excluding hydrogens is 264 g/mol. The molecule has 4 heteroatoms. The fourth-order valence-electron chi connectivity index (χ4n) is 2.68. The topological polar surface area (TPSA) is 44.7 Å².